The van der Waals surface area contributed by atoms with Crippen LogP contribution in [0.1, 0.15) is 34.4 Å². The van der Waals surface area contributed by atoms with Crippen LogP contribution in [0.15, 0.2) is 0 Å². The van der Waals surface area contributed by atoms with Gasteiger partial charge in [-0.1, -0.05) is 6.85 Å². The van der Waals surface area contributed by atoms with Gasteiger partial charge in [0.1, 0.15) is 0 Å². The SMILES string of the molecule is [2H]C([2H])([2H])CCN[C@@H]1CCc2nc(N)sc2C1. The van der Waals surface area contributed by atoms with Gasteiger partial charge in [0.05, 0.1) is 5.69 Å². The largest absolute Gasteiger partial charge is 0.375 e. The van der Waals surface area contributed by atoms with Crippen molar-refractivity contribution in [3.05, 3.63) is 10.6 Å². The highest BCUT2D eigenvalue weighted by Gasteiger charge is 2.21. The lowest BCUT2D eigenvalue weighted by Crippen LogP contribution is -2.34. The van der Waals surface area contributed by atoms with E-state index in [2.05, 4.69) is 10.3 Å². The summed E-state index contributed by atoms with van der Waals surface area (Å²) in [5.41, 5.74) is 6.80. The van der Waals surface area contributed by atoms with Crippen molar-refractivity contribution in [2.24, 2.45) is 0 Å². The van der Waals surface area contributed by atoms with Crippen molar-refractivity contribution in [3.8, 4) is 0 Å². The molecule has 1 heterocycles. The topological polar surface area (TPSA) is 50.9 Å². The van der Waals surface area contributed by atoms with E-state index in [-0.39, 0.29) is 6.42 Å². The van der Waals surface area contributed by atoms with E-state index in [1.165, 1.54) is 4.88 Å². The zero-order valence-corrected chi connectivity index (χ0v) is 8.86. The van der Waals surface area contributed by atoms with E-state index in [1.54, 1.807) is 11.3 Å². The predicted molar refractivity (Wildman–Crippen MR) is 60.6 cm³/mol. The van der Waals surface area contributed by atoms with Gasteiger partial charge in [-0.05, 0) is 32.2 Å². The second kappa shape index (κ2) is 4.28. The third-order valence-corrected chi connectivity index (χ3v) is 3.46. The third-order valence-electron chi connectivity index (χ3n) is 2.51. The number of nitrogen functional groups attached to an aromatic ring is 1. The highest BCUT2D eigenvalue weighted by atomic mass is 32.1. The fourth-order valence-electron chi connectivity index (χ4n) is 1.85. The number of aryl methyl sites for hydroxylation is 1. The van der Waals surface area contributed by atoms with Crippen LogP contribution in [0, 0.1) is 0 Å². The molecule has 0 spiro atoms. The number of aromatic nitrogens is 1. The van der Waals surface area contributed by atoms with Crippen molar-refractivity contribution >= 4 is 16.5 Å². The molecular formula is C10H17N3S. The molecule has 1 aliphatic carbocycles. The van der Waals surface area contributed by atoms with Crippen molar-refractivity contribution in [2.45, 2.75) is 38.6 Å². The summed E-state index contributed by atoms with van der Waals surface area (Å²) < 4.78 is 21.4. The summed E-state index contributed by atoms with van der Waals surface area (Å²) in [7, 11) is 0. The zero-order valence-electron chi connectivity index (χ0n) is 11.0. The van der Waals surface area contributed by atoms with E-state index in [0.29, 0.717) is 17.7 Å². The van der Waals surface area contributed by atoms with Gasteiger partial charge in [0.25, 0.3) is 0 Å². The van der Waals surface area contributed by atoms with Gasteiger partial charge in [-0.2, -0.15) is 0 Å². The number of rotatable bonds is 3. The van der Waals surface area contributed by atoms with Crippen molar-refractivity contribution < 1.29 is 4.11 Å². The summed E-state index contributed by atoms with van der Waals surface area (Å²) in [5.74, 6) is 0. The first kappa shape index (κ1) is 6.80. The highest BCUT2D eigenvalue weighted by molar-refractivity contribution is 7.15. The van der Waals surface area contributed by atoms with E-state index in [9.17, 15) is 0 Å². The minimum Gasteiger partial charge on any atom is -0.375 e. The normalized spacial score (nSPS) is 24.9. The van der Waals surface area contributed by atoms with E-state index in [0.717, 1.165) is 25.0 Å². The second-order valence-electron chi connectivity index (χ2n) is 3.57. The maximum Gasteiger partial charge on any atom is 0.180 e. The Balaban J connectivity index is 1.82. The third kappa shape index (κ3) is 2.07. The molecule has 78 valence electrons. The Kier molecular flexibility index (Phi) is 2.08. The van der Waals surface area contributed by atoms with Crippen LogP contribution in [0.5, 0.6) is 0 Å². The second-order valence-corrected chi connectivity index (χ2v) is 4.68. The monoisotopic (exact) mass is 214 g/mol. The van der Waals surface area contributed by atoms with Gasteiger partial charge < -0.3 is 11.1 Å². The Morgan fingerprint density at radius 2 is 2.71 bits per heavy atom. The average Bonchev–Trinajstić information content (AvgIpc) is 2.55. The minimum absolute atomic E-state index is 0.223. The lowest BCUT2D eigenvalue weighted by atomic mass is 9.98. The Morgan fingerprint density at radius 3 is 3.57 bits per heavy atom. The molecule has 14 heavy (non-hydrogen) atoms. The predicted octanol–water partition coefficient (Wildman–Crippen LogP) is 1.58. The lowest BCUT2D eigenvalue weighted by Gasteiger charge is -2.21. The van der Waals surface area contributed by atoms with Crippen molar-refractivity contribution in [3.63, 3.8) is 0 Å². The van der Waals surface area contributed by atoms with Crippen LogP contribution in [0.25, 0.3) is 0 Å². The summed E-state index contributed by atoms with van der Waals surface area (Å²) in [6.07, 6.45) is 3.10. The van der Waals surface area contributed by atoms with Crippen LogP contribution < -0.4 is 11.1 Å². The molecule has 2 rings (SSSR count). The molecule has 0 radical (unpaired) electrons. The molecule has 0 saturated heterocycles. The van der Waals surface area contributed by atoms with E-state index < -0.39 is 6.85 Å². The minimum atomic E-state index is -1.83. The lowest BCUT2D eigenvalue weighted by molar-refractivity contribution is 0.460. The Morgan fingerprint density at radius 1 is 1.79 bits per heavy atom. The van der Waals surface area contributed by atoms with Gasteiger partial charge in [0.2, 0.25) is 0 Å². The smallest absolute Gasteiger partial charge is 0.180 e. The number of hydrogen-bond acceptors (Lipinski definition) is 4. The van der Waals surface area contributed by atoms with Crippen molar-refractivity contribution in [1.82, 2.24) is 10.3 Å². The number of thiazole rings is 1. The Labute approximate surface area is 92.9 Å². The molecular weight excluding hydrogens is 194 g/mol. The molecule has 1 atom stereocenters. The summed E-state index contributed by atoms with van der Waals surface area (Å²) in [6, 6.07) is 0.365. The molecule has 4 heteroatoms. The fourth-order valence-corrected chi connectivity index (χ4v) is 2.80. The van der Waals surface area contributed by atoms with Crippen LogP contribution in [-0.2, 0) is 12.8 Å². The summed E-state index contributed by atoms with van der Waals surface area (Å²) in [6.45, 7) is -1.29. The van der Waals surface area contributed by atoms with Gasteiger partial charge in [-0.15, -0.1) is 11.3 Å². The average molecular weight is 214 g/mol. The van der Waals surface area contributed by atoms with Crippen molar-refractivity contribution in [1.29, 1.82) is 0 Å². The van der Waals surface area contributed by atoms with Crippen LogP contribution in [0.2, 0.25) is 0 Å². The number of hydrogen-bond donors (Lipinski definition) is 2. The fraction of sp³-hybridized carbons (Fsp3) is 0.700. The summed E-state index contributed by atoms with van der Waals surface area (Å²) in [4.78, 5) is 5.53. The maximum atomic E-state index is 7.14. The van der Waals surface area contributed by atoms with Crippen LogP contribution >= 0.6 is 11.3 Å². The molecule has 3 nitrogen and oxygen atoms in total. The molecule has 0 aromatic carbocycles. The standard InChI is InChI=1S/C10H17N3S/c1-2-5-12-7-3-4-8-9(6-7)14-10(11)13-8/h7,12H,2-6H2,1H3,(H2,11,13)/t7-/m1/s1/i1D3. The van der Waals surface area contributed by atoms with Gasteiger partial charge in [0, 0.05) is 15.0 Å². The molecule has 0 fully saturated rings. The molecule has 1 aromatic heterocycles. The first-order valence-electron chi connectivity index (χ1n) is 6.41. The molecule has 3 N–H and O–H groups in total. The molecule has 0 unspecified atom stereocenters. The van der Waals surface area contributed by atoms with Crippen LogP contribution in [0.4, 0.5) is 5.13 Å². The van der Waals surface area contributed by atoms with E-state index in [1.807, 2.05) is 0 Å². The molecule has 1 aliphatic rings. The van der Waals surface area contributed by atoms with Gasteiger partial charge in [-0.25, -0.2) is 4.98 Å². The number of nitrogens with one attached hydrogen (secondary N) is 1. The Hall–Kier alpha value is -0.610. The van der Waals surface area contributed by atoms with Crippen LogP contribution in [-0.4, -0.2) is 17.6 Å². The van der Waals surface area contributed by atoms with E-state index in [4.69, 9.17) is 9.85 Å². The molecule has 0 aliphatic heterocycles. The van der Waals surface area contributed by atoms with Gasteiger partial charge in [0.15, 0.2) is 5.13 Å². The number of nitrogens with two attached hydrogens (primary N) is 1. The quantitative estimate of drug-likeness (QED) is 0.803. The van der Waals surface area contributed by atoms with Crippen molar-refractivity contribution in [2.75, 3.05) is 12.3 Å². The first-order valence-corrected chi connectivity index (χ1v) is 5.73. The molecule has 0 bridgehead atoms. The number of nitrogens with zero attached hydrogens (tertiary/aromatic N) is 1. The number of anilines is 1. The van der Waals surface area contributed by atoms with Crippen LogP contribution in [0.3, 0.4) is 0 Å². The summed E-state index contributed by atoms with van der Waals surface area (Å²) >= 11 is 1.55. The number of fused-ring (bicyclic) bond motifs is 1. The molecule has 0 amide bonds. The molecule has 0 saturated carbocycles. The Bertz CT molecular complexity index is 389. The first-order chi connectivity index (χ1) is 7.94. The zero-order chi connectivity index (χ0) is 12.5. The van der Waals surface area contributed by atoms with Gasteiger partial charge >= 0.3 is 0 Å². The highest BCUT2D eigenvalue weighted by Crippen LogP contribution is 2.27. The maximum absolute atomic E-state index is 7.14. The molecule has 1 aromatic rings. The van der Waals surface area contributed by atoms with E-state index >= 15 is 0 Å². The van der Waals surface area contributed by atoms with Gasteiger partial charge in [-0.3, -0.25) is 0 Å². The summed E-state index contributed by atoms with van der Waals surface area (Å²) in [5, 5.41) is 3.94.